The van der Waals surface area contributed by atoms with Crippen molar-refractivity contribution in [2.45, 2.75) is 38.1 Å². The molecular formula is C10H18ClN. The summed E-state index contributed by atoms with van der Waals surface area (Å²) in [7, 11) is 0. The zero-order chi connectivity index (χ0) is 7.42. The van der Waals surface area contributed by atoms with Crippen LogP contribution in [-0.2, 0) is 0 Å². The molecule has 3 aliphatic carbocycles. The van der Waals surface area contributed by atoms with Gasteiger partial charge in [-0.25, -0.2) is 0 Å². The first kappa shape index (κ1) is 8.83. The summed E-state index contributed by atoms with van der Waals surface area (Å²) in [6, 6.07) is 0.579. The van der Waals surface area contributed by atoms with Gasteiger partial charge in [0.1, 0.15) is 0 Å². The first-order valence-electron chi connectivity index (χ1n) is 5.12. The van der Waals surface area contributed by atoms with Crippen LogP contribution in [0.1, 0.15) is 32.1 Å². The van der Waals surface area contributed by atoms with Gasteiger partial charge >= 0.3 is 0 Å². The van der Waals surface area contributed by atoms with Gasteiger partial charge in [-0.2, -0.15) is 0 Å². The van der Waals surface area contributed by atoms with Gasteiger partial charge in [-0.05, 0) is 55.8 Å². The van der Waals surface area contributed by atoms with E-state index < -0.39 is 0 Å². The highest BCUT2D eigenvalue weighted by atomic mass is 35.5. The van der Waals surface area contributed by atoms with E-state index in [1.807, 2.05) is 0 Å². The molecule has 0 aliphatic heterocycles. The Bertz CT molecular complexity index is 183. The first-order chi connectivity index (χ1) is 5.36. The molecule has 0 aromatic heterocycles. The van der Waals surface area contributed by atoms with Gasteiger partial charge in [0.2, 0.25) is 0 Å². The van der Waals surface area contributed by atoms with Crippen LogP contribution in [0.5, 0.6) is 0 Å². The van der Waals surface area contributed by atoms with E-state index in [2.05, 4.69) is 0 Å². The fourth-order valence-corrected chi connectivity index (χ4v) is 4.13. The topological polar surface area (TPSA) is 26.0 Å². The fourth-order valence-electron chi connectivity index (χ4n) is 4.13. The smallest absolute Gasteiger partial charge is 0.00726 e. The highest BCUT2D eigenvalue weighted by molar-refractivity contribution is 5.85. The molecule has 2 N–H and O–H groups in total. The molecule has 1 unspecified atom stereocenters. The molecule has 3 fully saturated rings. The van der Waals surface area contributed by atoms with Crippen LogP contribution in [-0.4, -0.2) is 6.04 Å². The quantitative estimate of drug-likeness (QED) is 0.618. The number of rotatable bonds is 0. The van der Waals surface area contributed by atoms with Crippen molar-refractivity contribution in [1.82, 2.24) is 0 Å². The molecule has 5 atom stereocenters. The fraction of sp³-hybridized carbons (Fsp3) is 1.00. The predicted octanol–water partition coefficient (Wildman–Crippen LogP) is 2.19. The Kier molecular flexibility index (Phi) is 2.12. The number of halogens is 1. The second-order valence-corrected chi connectivity index (χ2v) is 4.82. The molecule has 70 valence electrons. The Morgan fingerprint density at radius 3 is 2.42 bits per heavy atom. The van der Waals surface area contributed by atoms with Crippen LogP contribution < -0.4 is 5.73 Å². The molecule has 0 amide bonds. The lowest BCUT2D eigenvalue weighted by atomic mass is 9.80. The molecule has 2 heteroatoms. The lowest BCUT2D eigenvalue weighted by Gasteiger charge is -2.26. The van der Waals surface area contributed by atoms with Gasteiger partial charge in [0.15, 0.2) is 0 Å². The number of nitrogens with two attached hydrogens (primary N) is 1. The Morgan fingerprint density at radius 1 is 0.917 bits per heavy atom. The molecular weight excluding hydrogens is 170 g/mol. The van der Waals surface area contributed by atoms with Crippen molar-refractivity contribution in [3.05, 3.63) is 0 Å². The van der Waals surface area contributed by atoms with E-state index in [9.17, 15) is 0 Å². The molecule has 12 heavy (non-hydrogen) atoms. The van der Waals surface area contributed by atoms with E-state index >= 15 is 0 Å². The minimum absolute atomic E-state index is 0. The van der Waals surface area contributed by atoms with Crippen molar-refractivity contribution < 1.29 is 0 Å². The predicted molar refractivity (Wildman–Crippen MR) is 52.3 cm³/mol. The minimum atomic E-state index is 0. The minimum Gasteiger partial charge on any atom is -0.327 e. The van der Waals surface area contributed by atoms with E-state index in [1.165, 1.54) is 32.1 Å². The second kappa shape index (κ2) is 2.88. The van der Waals surface area contributed by atoms with E-state index in [0.29, 0.717) is 6.04 Å². The maximum Gasteiger partial charge on any atom is 0.00726 e. The molecule has 3 aliphatic rings. The van der Waals surface area contributed by atoms with Gasteiger partial charge < -0.3 is 5.73 Å². The standard InChI is InChI=1S/C10H17N.ClH/c11-9-4-3-8-6-1-2-7(5-6)10(8)9;/h6-10H,1-5,11H2;1H/t6-,7+,8-,9?,10+;/m1./s1. The summed E-state index contributed by atoms with van der Waals surface area (Å²) >= 11 is 0. The summed E-state index contributed by atoms with van der Waals surface area (Å²) in [6.07, 6.45) is 7.33. The van der Waals surface area contributed by atoms with Gasteiger partial charge in [0.25, 0.3) is 0 Å². The van der Waals surface area contributed by atoms with E-state index in [1.54, 1.807) is 0 Å². The first-order valence-corrected chi connectivity index (χ1v) is 5.12. The maximum atomic E-state index is 6.11. The Hall–Kier alpha value is 0.250. The molecule has 3 rings (SSSR count). The number of fused-ring (bicyclic) bond motifs is 5. The normalized spacial score (nSPS) is 55.2. The average molecular weight is 188 g/mol. The molecule has 3 saturated carbocycles. The van der Waals surface area contributed by atoms with Gasteiger partial charge in [0.05, 0.1) is 0 Å². The lowest BCUT2D eigenvalue weighted by molar-refractivity contribution is 0.244. The SMILES string of the molecule is Cl.NC1CC[C@@H]2[C@@H]3CC[C@@H](C3)[C@H]12. The zero-order valence-electron chi connectivity index (χ0n) is 7.41. The molecule has 0 aromatic carbocycles. The summed E-state index contributed by atoms with van der Waals surface area (Å²) in [6.45, 7) is 0. The summed E-state index contributed by atoms with van der Waals surface area (Å²) < 4.78 is 0. The van der Waals surface area contributed by atoms with E-state index in [0.717, 1.165) is 23.7 Å². The zero-order valence-corrected chi connectivity index (χ0v) is 8.22. The highest BCUT2D eigenvalue weighted by Crippen LogP contribution is 2.58. The van der Waals surface area contributed by atoms with Crippen molar-refractivity contribution in [1.29, 1.82) is 0 Å². The van der Waals surface area contributed by atoms with Crippen LogP contribution in [0.2, 0.25) is 0 Å². The van der Waals surface area contributed by atoms with Crippen LogP contribution in [0.4, 0.5) is 0 Å². The summed E-state index contributed by atoms with van der Waals surface area (Å²) in [5.74, 6) is 4.15. The summed E-state index contributed by atoms with van der Waals surface area (Å²) in [5.41, 5.74) is 6.11. The van der Waals surface area contributed by atoms with Crippen molar-refractivity contribution in [2.75, 3.05) is 0 Å². The summed E-state index contributed by atoms with van der Waals surface area (Å²) in [4.78, 5) is 0. The van der Waals surface area contributed by atoms with Crippen molar-refractivity contribution in [3.8, 4) is 0 Å². The molecule has 0 saturated heterocycles. The van der Waals surface area contributed by atoms with Gasteiger partial charge in [-0.1, -0.05) is 0 Å². The van der Waals surface area contributed by atoms with Gasteiger partial charge in [0, 0.05) is 6.04 Å². The molecule has 0 heterocycles. The third-order valence-electron chi connectivity index (χ3n) is 4.49. The highest BCUT2D eigenvalue weighted by Gasteiger charge is 2.52. The maximum absolute atomic E-state index is 6.11. The molecule has 0 radical (unpaired) electrons. The van der Waals surface area contributed by atoms with E-state index in [-0.39, 0.29) is 12.4 Å². The van der Waals surface area contributed by atoms with Crippen LogP contribution in [0.3, 0.4) is 0 Å². The van der Waals surface area contributed by atoms with Gasteiger partial charge in [-0.15, -0.1) is 12.4 Å². The van der Waals surface area contributed by atoms with Crippen LogP contribution in [0.15, 0.2) is 0 Å². The van der Waals surface area contributed by atoms with Crippen molar-refractivity contribution in [2.24, 2.45) is 29.4 Å². The molecule has 0 spiro atoms. The third-order valence-corrected chi connectivity index (χ3v) is 4.49. The number of hydrogen-bond donors (Lipinski definition) is 1. The molecule has 1 nitrogen and oxygen atoms in total. The van der Waals surface area contributed by atoms with Crippen LogP contribution in [0.25, 0.3) is 0 Å². The largest absolute Gasteiger partial charge is 0.327 e. The molecule has 0 aromatic rings. The van der Waals surface area contributed by atoms with Crippen LogP contribution in [0, 0.1) is 23.7 Å². The van der Waals surface area contributed by atoms with Crippen molar-refractivity contribution in [3.63, 3.8) is 0 Å². The van der Waals surface area contributed by atoms with Crippen molar-refractivity contribution >= 4 is 12.4 Å². The average Bonchev–Trinajstić information content (AvgIpc) is 2.60. The monoisotopic (exact) mass is 187 g/mol. The lowest BCUT2D eigenvalue weighted by Crippen LogP contribution is -2.31. The Balaban J connectivity index is 0.000000563. The number of hydrogen-bond acceptors (Lipinski definition) is 1. The van der Waals surface area contributed by atoms with E-state index in [4.69, 9.17) is 5.73 Å². The Labute approximate surface area is 80.5 Å². The summed E-state index contributed by atoms with van der Waals surface area (Å²) in [5, 5.41) is 0. The van der Waals surface area contributed by atoms with Crippen LogP contribution >= 0.6 is 12.4 Å². The second-order valence-electron chi connectivity index (χ2n) is 4.82. The molecule has 2 bridgehead atoms. The third kappa shape index (κ3) is 0.958. The van der Waals surface area contributed by atoms with Gasteiger partial charge in [-0.3, -0.25) is 0 Å². The Morgan fingerprint density at radius 2 is 1.67 bits per heavy atom.